The van der Waals surface area contributed by atoms with E-state index in [1.165, 1.54) is 6.42 Å². The number of aliphatic hydroxyl groups is 3. The summed E-state index contributed by atoms with van der Waals surface area (Å²) in [4.78, 5) is 14.5. The Morgan fingerprint density at radius 3 is 2.30 bits per heavy atom. The summed E-state index contributed by atoms with van der Waals surface area (Å²) >= 11 is 0. The average molecular weight is 930 g/mol. The van der Waals surface area contributed by atoms with E-state index in [9.17, 15) is 25.3 Å². The van der Waals surface area contributed by atoms with Crippen molar-refractivity contribution in [1.29, 1.82) is 0 Å². The van der Waals surface area contributed by atoms with Crippen molar-refractivity contribution < 1.29 is 72.7 Å². The van der Waals surface area contributed by atoms with E-state index in [1.54, 1.807) is 40.2 Å². The number of aliphatic hydroxyl groups excluding tert-OH is 2. The molecule has 66 heavy (non-hydrogen) atoms. The second kappa shape index (κ2) is 20.8. The Morgan fingerprint density at radius 1 is 0.864 bits per heavy atom. The summed E-state index contributed by atoms with van der Waals surface area (Å²) in [5.74, 6) is -3.04. The highest BCUT2D eigenvalue weighted by atomic mass is 16.7. The molecule has 0 radical (unpaired) electrons. The fourth-order valence-corrected chi connectivity index (χ4v) is 12.1. The van der Waals surface area contributed by atoms with Crippen LogP contribution in [0.2, 0.25) is 0 Å². The molecule has 2 aliphatic carbocycles. The molecule has 6 aliphatic heterocycles. The van der Waals surface area contributed by atoms with E-state index in [0.717, 1.165) is 31.3 Å². The van der Waals surface area contributed by atoms with Crippen molar-refractivity contribution in [2.75, 3.05) is 20.8 Å². The molecule has 2 bridgehead atoms. The van der Waals surface area contributed by atoms with Gasteiger partial charge >= 0.3 is 5.97 Å². The number of methoxy groups -OCH3 is 2. The summed E-state index contributed by atoms with van der Waals surface area (Å²) in [6.07, 6.45) is 8.79. The SMILES string of the molecule is CO[C@H]1C[C@H](O[C@H]2[C@H](C)O[C@@H](O[C@@H]3/C(C)=C/C[C@@H]4C[C@@H](C[C@]5(C[C@H](O)[C@H](C)[C@@H](C6CCCCC6)O5)O4)OC(=O)[C@@H]4C=C(C)/C(=N/O)[C@H]5OC/C(=C\C=C\[C@@H]3C)[C@]54O)C[C@@H]2OC)O[C@@H](C)[C@@H]1O. The van der Waals surface area contributed by atoms with Gasteiger partial charge < -0.3 is 67.9 Å². The molecule has 16 nitrogen and oxygen atoms in total. The zero-order valence-electron chi connectivity index (χ0n) is 40.0. The third kappa shape index (κ3) is 10.0. The highest BCUT2D eigenvalue weighted by Crippen LogP contribution is 2.49. The lowest BCUT2D eigenvalue weighted by molar-refractivity contribution is -0.355. The van der Waals surface area contributed by atoms with E-state index in [0.29, 0.717) is 36.8 Å². The van der Waals surface area contributed by atoms with Gasteiger partial charge in [-0.25, -0.2) is 0 Å². The van der Waals surface area contributed by atoms with Crippen LogP contribution < -0.4 is 0 Å². The van der Waals surface area contributed by atoms with E-state index in [2.05, 4.69) is 18.2 Å². The van der Waals surface area contributed by atoms with Crippen molar-refractivity contribution in [3.8, 4) is 0 Å². The number of hydrogen-bond donors (Lipinski definition) is 4. The molecule has 6 fully saturated rings. The van der Waals surface area contributed by atoms with E-state index in [4.69, 9.17) is 47.4 Å². The fraction of sp³-hybridized carbons (Fsp3) is 0.800. The molecule has 6 heterocycles. The first-order chi connectivity index (χ1) is 31.6. The first-order valence-electron chi connectivity index (χ1n) is 24.5. The summed E-state index contributed by atoms with van der Waals surface area (Å²) in [7, 11) is 3.21. The lowest BCUT2D eigenvalue weighted by atomic mass is 9.71. The maximum absolute atomic E-state index is 14.5. The number of rotatable bonds is 7. The van der Waals surface area contributed by atoms with Crippen molar-refractivity contribution in [3.05, 3.63) is 47.1 Å². The molecule has 5 saturated heterocycles. The maximum Gasteiger partial charge on any atom is 0.316 e. The summed E-state index contributed by atoms with van der Waals surface area (Å²) < 4.78 is 64.2. The summed E-state index contributed by atoms with van der Waals surface area (Å²) in [6, 6.07) is 0. The van der Waals surface area contributed by atoms with Crippen LogP contribution >= 0.6 is 0 Å². The Hall–Kier alpha value is -2.58. The van der Waals surface area contributed by atoms with Gasteiger partial charge in [0.15, 0.2) is 18.4 Å². The minimum Gasteiger partial charge on any atom is -0.462 e. The molecule has 0 aromatic carbocycles. The zero-order valence-corrected chi connectivity index (χ0v) is 40.0. The maximum atomic E-state index is 14.5. The van der Waals surface area contributed by atoms with Gasteiger partial charge in [0.1, 0.15) is 41.6 Å². The minimum atomic E-state index is -1.90. The van der Waals surface area contributed by atoms with Crippen molar-refractivity contribution >= 4 is 11.7 Å². The van der Waals surface area contributed by atoms with Crippen LogP contribution in [-0.4, -0.2) is 150 Å². The molecule has 0 amide bonds. The minimum absolute atomic E-state index is 0.00937. The first-order valence-corrected chi connectivity index (χ1v) is 24.5. The molecule has 1 saturated carbocycles. The number of allylic oxidation sites excluding steroid dienone is 2. The second-order valence-corrected chi connectivity index (χ2v) is 20.4. The van der Waals surface area contributed by atoms with Gasteiger partial charge in [0, 0.05) is 58.2 Å². The van der Waals surface area contributed by atoms with Gasteiger partial charge in [-0.1, -0.05) is 68.6 Å². The standard InChI is InChI=1S/C50H75NO15/c1-26-13-12-16-33-25-59-47-42(51-56)28(3)19-36(50(33,47)55)48(54)62-35-20-34(65-49(23-35)24-37(52)29(4)45(66-49)32-14-10-9-11-15-32)18-17-27(2)44(26)63-41-22-39(58-8)46(31(6)61-41)64-40-21-38(57-7)43(53)30(5)60-40/h12-13,16-17,19,26,29-32,34-41,43-47,52-53,55-56H,9-11,14-15,18,20-25H2,1-8H3/b13-12+,27-17+,33-16+,51-42-/t26-,29-,30-,31-,34+,35-,36-,37-,38-,39-,40-,41-,43-,44-,45-,46-,47+,49-,50+/m0/s1. The molecule has 0 aromatic rings. The third-order valence-electron chi connectivity index (χ3n) is 15.9. The van der Waals surface area contributed by atoms with Crippen LogP contribution in [0.15, 0.2) is 52.3 Å². The smallest absolute Gasteiger partial charge is 0.316 e. The van der Waals surface area contributed by atoms with Gasteiger partial charge in [0.25, 0.3) is 0 Å². The van der Waals surface area contributed by atoms with Gasteiger partial charge in [0.05, 0.1) is 55.4 Å². The van der Waals surface area contributed by atoms with Crippen molar-refractivity contribution in [2.45, 2.75) is 209 Å². The molecule has 19 atom stereocenters. The summed E-state index contributed by atoms with van der Waals surface area (Å²) in [5.41, 5.74) is 0.110. The van der Waals surface area contributed by atoms with Crippen LogP contribution in [-0.2, 0) is 52.2 Å². The molecule has 370 valence electrons. The van der Waals surface area contributed by atoms with E-state index >= 15 is 0 Å². The second-order valence-electron chi connectivity index (χ2n) is 20.4. The molecule has 4 N–H and O–H groups in total. The molecular formula is C50H75NO15. The number of oxime groups is 1. The Labute approximate surface area is 389 Å². The van der Waals surface area contributed by atoms with Crippen molar-refractivity contribution in [1.82, 2.24) is 0 Å². The van der Waals surface area contributed by atoms with E-state index in [-0.39, 0.29) is 49.0 Å². The Balaban J connectivity index is 1.10. The molecular weight excluding hydrogens is 855 g/mol. The number of carbonyl (C=O) groups is 1. The summed E-state index contributed by atoms with van der Waals surface area (Å²) in [5, 5.41) is 48.5. The van der Waals surface area contributed by atoms with Crippen molar-refractivity contribution in [2.24, 2.45) is 28.8 Å². The van der Waals surface area contributed by atoms with Gasteiger partial charge in [-0.2, -0.15) is 0 Å². The lowest BCUT2D eigenvalue weighted by Gasteiger charge is -2.53. The Morgan fingerprint density at radius 2 is 1.58 bits per heavy atom. The van der Waals surface area contributed by atoms with Gasteiger partial charge in [0.2, 0.25) is 0 Å². The topological polar surface area (TPSA) is 203 Å². The van der Waals surface area contributed by atoms with E-state index < -0.39 is 103 Å². The quantitative estimate of drug-likeness (QED) is 0.107. The van der Waals surface area contributed by atoms with Gasteiger partial charge in [-0.05, 0) is 69.6 Å². The normalized spacial score (nSPS) is 49.0. The van der Waals surface area contributed by atoms with Crippen LogP contribution in [0.1, 0.15) is 112 Å². The highest BCUT2D eigenvalue weighted by molar-refractivity contribution is 6.06. The molecule has 1 spiro atoms. The third-order valence-corrected chi connectivity index (χ3v) is 15.9. The number of nitrogens with zero attached hydrogens (tertiary/aromatic N) is 1. The lowest BCUT2D eigenvalue weighted by Crippen LogP contribution is -2.60. The van der Waals surface area contributed by atoms with Crippen LogP contribution in [0.4, 0.5) is 0 Å². The van der Waals surface area contributed by atoms with Gasteiger partial charge in [-0.15, -0.1) is 0 Å². The predicted octanol–water partition coefficient (Wildman–Crippen LogP) is 5.58. The monoisotopic (exact) mass is 930 g/mol. The van der Waals surface area contributed by atoms with E-state index in [1.807, 2.05) is 32.9 Å². The Kier molecular flexibility index (Phi) is 15.7. The number of esters is 1. The fourth-order valence-electron chi connectivity index (χ4n) is 12.1. The van der Waals surface area contributed by atoms with Crippen molar-refractivity contribution in [3.63, 3.8) is 0 Å². The number of hydrogen-bond acceptors (Lipinski definition) is 16. The molecule has 0 aromatic heterocycles. The zero-order chi connectivity index (χ0) is 47.1. The van der Waals surface area contributed by atoms with Crippen LogP contribution in [0.3, 0.4) is 0 Å². The number of carbonyl (C=O) groups excluding carboxylic acids is 1. The van der Waals surface area contributed by atoms with Crippen LogP contribution in [0.5, 0.6) is 0 Å². The van der Waals surface area contributed by atoms with Crippen LogP contribution in [0, 0.1) is 23.7 Å². The predicted molar refractivity (Wildman–Crippen MR) is 239 cm³/mol. The number of ether oxygens (including phenoxy) is 10. The molecule has 0 unspecified atom stereocenters. The molecule has 8 aliphatic rings. The first kappa shape index (κ1) is 49.8. The van der Waals surface area contributed by atoms with Gasteiger partial charge in [-0.3, -0.25) is 4.79 Å². The average Bonchev–Trinajstić information content (AvgIpc) is 3.63. The largest absolute Gasteiger partial charge is 0.462 e. The number of fused-ring (bicyclic) bond motifs is 2. The van der Waals surface area contributed by atoms with Crippen LogP contribution in [0.25, 0.3) is 0 Å². The molecule has 8 rings (SSSR count). The molecule has 16 heteroatoms. The Bertz CT molecular complexity index is 1860. The summed E-state index contributed by atoms with van der Waals surface area (Å²) in [6.45, 7) is 11.6. The highest BCUT2D eigenvalue weighted by Gasteiger charge is 2.60.